The van der Waals surface area contributed by atoms with Crippen LogP contribution in [-0.2, 0) is 6.42 Å². The molecule has 3 heterocycles. The molecular weight excluding hydrogens is 322 g/mol. The van der Waals surface area contributed by atoms with E-state index in [4.69, 9.17) is 4.99 Å². The molecule has 5 nitrogen and oxygen atoms in total. The Hall–Kier alpha value is -2.66. The zero-order valence-electron chi connectivity index (χ0n) is 15.3. The van der Waals surface area contributed by atoms with E-state index in [-0.39, 0.29) is 0 Å². The van der Waals surface area contributed by atoms with Crippen LogP contribution in [0.1, 0.15) is 17.0 Å². The second kappa shape index (κ2) is 5.95. The Bertz CT molecular complexity index is 1010. The van der Waals surface area contributed by atoms with Gasteiger partial charge >= 0.3 is 0 Å². The van der Waals surface area contributed by atoms with E-state index in [0.29, 0.717) is 0 Å². The summed E-state index contributed by atoms with van der Waals surface area (Å²) >= 11 is 0. The number of H-pyrrole nitrogens is 1. The van der Waals surface area contributed by atoms with Crippen molar-refractivity contribution in [3.05, 3.63) is 53.3 Å². The smallest absolute Gasteiger partial charge is 0.104 e. The summed E-state index contributed by atoms with van der Waals surface area (Å²) < 4.78 is 0. The molecule has 0 aliphatic carbocycles. The summed E-state index contributed by atoms with van der Waals surface area (Å²) in [5.74, 6) is 0.950. The van der Waals surface area contributed by atoms with Crippen molar-refractivity contribution in [2.75, 3.05) is 38.1 Å². The van der Waals surface area contributed by atoms with E-state index in [1.54, 1.807) is 0 Å². The first-order valence-electron chi connectivity index (χ1n) is 9.26. The molecule has 5 rings (SSSR count). The normalized spacial score (nSPS) is 17.6. The number of benzene rings is 2. The van der Waals surface area contributed by atoms with Crippen molar-refractivity contribution in [3.8, 4) is 0 Å². The average Bonchev–Trinajstić information content (AvgIpc) is 3.23. The number of piperazine rings is 1. The molecule has 3 aromatic rings. The Labute approximate surface area is 153 Å². The highest BCUT2D eigenvalue weighted by Crippen LogP contribution is 2.33. The number of aliphatic imine (C=N–C) groups is 1. The number of imidazole rings is 1. The molecule has 0 spiro atoms. The fraction of sp³-hybridized carbons (Fsp3) is 0.333. The lowest BCUT2D eigenvalue weighted by atomic mass is 10.0. The fourth-order valence-electron chi connectivity index (χ4n) is 3.93. The molecule has 0 saturated carbocycles. The molecule has 5 heteroatoms. The lowest BCUT2D eigenvalue weighted by Crippen LogP contribution is -2.44. The van der Waals surface area contributed by atoms with Gasteiger partial charge in [0.05, 0.1) is 22.4 Å². The fourth-order valence-corrected chi connectivity index (χ4v) is 3.93. The third-order valence-corrected chi connectivity index (χ3v) is 5.48. The Balaban J connectivity index is 1.40. The van der Waals surface area contributed by atoms with Gasteiger partial charge in [0.1, 0.15) is 5.82 Å². The first-order valence-corrected chi connectivity index (χ1v) is 9.26. The van der Waals surface area contributed by atoms with Crippen molar-refractivity contribution in [3.63, 3.8) is 0 Å². The summed E-state index contributed by atoms with van der Waals surface area (Å²) in [5.41, 5.74) is 8.18. The van der Waals surface area contributed by atoms with Gasteiger partial charge in [-0.2, -0.15) is 0 Å². The molecule has 1 fully saturated rings. The number of aryl methyl sites for hydroxylation is 1. The van der Waals surface area contributed by atoms with Crippen LogP contribution in [0, 0.1) is 6.92 Å². The minimum Gasteiger partial charge on any atom is -0.369 e. The summed E-state index contributed by atoms with van der Waals surface area (Å²) in [6.07, 6.45) is 0.898. The molecule has 132 valence electrons. The van der Waals surface area contributed by atoms with Gasteiger partial charge < -0.3 is 14.8 Å². The average molecular weight is 345 g/mol. The minimum atomic E-state index is 0.898. The molecule has 0 atom stereocenters. The van der Waals surface area contributed by atoms with Crippen molar-refractivity contribution in [1.82, 2.24) is 14.9 Å². The van der Waals surface area contributed by atoms with Crippen molar-refractivity contribution in [1.29, 1.82) is 0 Å². The van der Waals surface area contributed by atoms with Crippen LogP contribution in [-0.4, -0.2) is 53.8 Å². The quantitative estimate of drug-likeness (QED) is 0.775. The van der Waals surface area contributed by atoms with Gasteiger partial charge in [0.2, 0.25) is 0 Å². The Morgan fingerprint density at radius 3 is 2.69 bits per heavy atom. The highest BCUT2D eigenvalue weighted by atomic mass is 15.2. The molecular formula is C21H23N5. The summed E-state index contributed by atoms with van der Waals surface area (Å²) in [4.78, 5) is 17.6. The topological polar surface area (TPSA) is 47.5 Å². The third-order valence-electron chi connectivity index (χ3n) is 5.48. The number of nitrogens with zero attached hydrogens (tertiary/aromatic N) is 4. The molecule has 0 radical (unpaired) electrons. The van der Waals surface area contributed by atoms with Crippen LogP contribution < -0.4 is 4.90 Å². The highest BCUT2D eigenvalue weighted by Gasteiger charge is 2.20. The molecule has 2 aliphatic heterocycles. The largest absolute Gasteiger partial charge is 0.369 e. The van der Waals surface area contributed by atoms with Crippen LogP contribution in [0.3, 0.4) is 0 Å². The molecule has 2 aliphatic rings. The third kappa shape index (κ3) is 2.69. The SMILES string of the molecule is Cc1nc2ccc(C3=Nc4ccc(N5CCN(C)CC5)cc4C3)cc2[nH]1. The maximum Gasteiger partial charge on any atom is 0.104 e. The van der Waals surface area contributed by atoms with E-state index in [1.165, 1.54) is 16.8 Å². The first kappa shape index (κ1) is 15.6. The van der Waals surface area contributed by atoms with Crippen LogP contribution in [0.25, 0.3) is 11.0 Å². The molecule has 0 amide bonds. The van der Waals surface area contributed by atoms with Gasteiger partial charge in [-0.3, -0.25) is 4.99 Å². The number of fused-ring (bicyclic) bond motifs is 2. The summed E-state index contributed by atoms with van der Waals surface area (Å²) in [7, 11) is 2.19. The molecule has 1 N–H and O–H groups in total. The van der Waals surface area contributed by atoms with E-state index < -0.39 is 0 Å². The van der Waals surface area contributed by atoms with E-state index in [0.717, 1.165) is 60.9 Å². The zero-order valence-corrected chi connectivity index (χ0v) is 15.3. The minimum absolute atomic E-state index is 0.898. The van der Waals surface area contributed by atoms with Crippen LogP contribution in [0.5, 0.6) is 0 Å². The van der Waals surface area contributed by atoms with E-state index >= 15 is 0 Å². The Kier molecular flexibility index (Phi) is 3.57. The van der Waals surface area contributed by atoms with E-state index in [1.807, 2.05) is 6.92 Å². The molecule has 1 aromatic heterocycles. The number of rotatable bonds is 2. The van der Waals surface area contributed by atoms with Gasteiger partial charge in [0, 0.05) is 38.3 Å². The maximum atomic E-state index is 4.89. The molecule has 1 saturated heterocycles. The highest BCUT2D eigenvalue weighted by molar-refractivity contribution is 6.08. The summed E-state index contributed by atoms with van der Waals surface area (Å²) in [6, 6.07) is 13.1. The number of aromatic nitrogens is 2. The molecule has 0 unspecified atom stereocenters. The van der Waals surface area contributed by atoms with Crippen LogP contribution in [0.2, 0.25) is 0 Å². The van der Waals surface area contributed by atoms with E-state index in [2.05, 4.69) is 63.2 Å². The van der Waals surface area contributed by atoms with Gasteiger partial charge in [-0.15, -0.1) is 0 Å². The van der Waals surface area contributed by atoms with Gasteiger partial charge in [-0.25, -0.2) is 4.98 Å². The number of hydrogen-bond acceptors (Lipinski definition) is 4. The number of nitrogens with one attached hydrogen (secondary N) is 1. The lowest BCUT2D eigenvalue weighted by Gasteiger charge is -2.34. The number of likely N-dealkylation sites (N-methyl/N-ethyl adjacent to an activating group) is 1. The Morgan fingerprint density at radius 2 is 1.85 bits per heavy atom. The zero-order chi connectivity index (χ0) is 17.7. The predicted molar refractivity (Wildman–Crippen MR) is 107 cm³/mol. The summed E-state index contributed by atoms with van der Waals surface area (Å²) in [6.45, 7) is 6.44. The van der Waals surface area contributed by atoms with Crippen LogP contribution in [0.15, 0.2) is 41.4 Å². The molecule has 2 aromatic carbocycles. The predicted octanol–water partition coefficient (Wildman–Crippen LogP) is 3.30. The van der Waals surface area contributed by atoms with Crippen molar-refractivity contribution >= 4 is 28.1 Å². The van der Waals surface area contributed by atoms with Gasteiger partial charge in [0.25, 0.3) is 0 Å². The van der Waals surface area contributed by atoms with Crippen LogP contribution in [0.4, 0.5) is 11.4 Å². The van der Waals surface area contributed by atoms with Crippen molar-refractivity contribution in [2.45, 2.75) is 13.3 Å². The van der Waals surface area contributed by atoms with Gasteiger partial charge in [-0.05, 0) is 55.4 Å². The number of hydrogen-bond donors (Lipinski definition) is 1. The summed E-state index contributed by atoms with van der Waals surface area (Å²) in [5, 5.41) is 0. The van der Waals surface area contributed by atoms with Gasteiger partial charge in [0.15, 0.2) is 0 Å². The molecule has 26 heavy (non-hydrogen) atoms. The van der Waals surface area contributed by atoms with Crippen molar-refractivity contribution in [2.24, 2.45) is 4.99 Å². The number of anilines is 1. The Morgan fingerprint density at radius 1 is 1.00 bits per heavy atom. The first-order chi connectivity index (χ1) is 12.7. The monoisotopic (exact) mass is 345 g/mol. The van der Waals surface area contributed by atoms with Gasteiger partial charge in [-0.1, -0.05) is 6.07 Å². The lowest BCUT2D eigenvalue weighted by molar-refractivity contribution is 0.313. The standard InChI is InChI=1S/C21H23N5/c1-14-22-19-5-3-15(12-21(19)23-14)20-13-16-11-17(4-6-18(16)24-20)26-9-7-25(2)8-10-26/h3-6,11-12H,7-10,13H2,1-2H3,(H,22,23). The van der Waals surface area contributed by atoms with E-state index in [9.17, 15) is 0 Å². The second-order valence-corrected chi connectivity index (χ2v) is 7.39. The molecule has 0 bridgehead atoms. The maximum absolute atomic E-state index is 4.89. The number of aromatic amines is 1. The van der Waals surface area contributed by atoms with Crippen LogP contribution >= 0.6 is 0 Å². The second-order valence-electron chi connectivity index (χ2n) is 7.39. The van der Waals surface area contributed by atoms with Crippen molar-refractivity contribution < 1.29 is 0 Å².